The number of nitrogens with zero attached hydrogens (tertiary/aromatic N) is 1. The zero-order chi connectivity index (χ0) is 22.5. The third kappa shape index (κ3) is 4.95. The van der Waals surface area contributed by atoms with Gasteiger partial charge in [0.25, 0.3) is 11.1 Å². The molecule has 0 radical (unpaired) electrons. The number of hydrogen-bond acceptors (Lipinski definition) is 7. The number of nitrogens with one attached hydrogen (secondary N) is 1. The fourth-order valence-electron chi connectivity index (χ4n) is 2.87. The minimum Gasteiger partial charge on any atom is -0.493 e. The Hall–Kier alpha value is -3.17. The van der Waals surface area contributed by atoms with Crippen LogP contribution in [0.3, 0.4) is 0 Å². The Kier molecular flexibility index (Phi) is 7.09. The van der Waals surface area contributed by atoms with Crippen molar-refractivity contribution in [2.24, 2.45) is 0 Å². The molecule has 162 valence electrons. The summed E-state index contributed by atoms with van der Waals surface area (Å²) >= 11 is 6.77. The van der Waals surface area contributed by atoms with Gasteiger partial charge in [0.15, 0.2) is 11.5 Å². The summed E-state index contributed by atoms with van der Waals surface area (Å²) in [5.41, 5.74) is 0.967. The van der Waals surface area contributed by atoms with E-state index in [1.165, 1.54) is 27.4 Å². The van der Waals surface area contributed by atoms with Crippen LogP contribution in [0.2, 0.25) is 5.02 Å². The molecule has 1 saturated heterocycles. The molecule has 1 heterocycles. The van der Waals surface area contributed by atoms with Crippen molar-refractivity contribution in [2.45, 2.75) is 0 Å². The second-order valence-electron chi connectivity index (χ2n) is 6.25. The summed E-state index contributed by atoms with van der Waals surface area (Å²) in [4.78, 5) is 38.4. The molecule has 3 rings (SSSR count). The number of hydrogen-bond donors (Lipinski definition) is 1. The standard InChI is InChI=1S/C21H19ClN2O6S/c1-28-15-8-12(9-16(29-2)19(15)30-3)10-17-20(26)24(21(27)31-17)11-18(25)23-14-7-5-4-6-13(14)22/h4-10H,11H2,1-3H3,(H,23,25). The number of thioether (sulfide) groups is 1. The van der Waals surface area contributed by atoms with Crippen molar-refractivity contribution in [3.63, 3.8) is 0 Å². The molecule has 2 aromatic rings. The highest BCUT2D eigenvalue weighted by Crippen LogP contribution is 2.40. The smallest absolute Gasteiger partial charge is 0.294 e. The van der Waals surface area contributed by atoms with Gasteiger partial charge in [-0.3, -0.25) is 19.3 Å². The Morgan fingerprint density at radius 1 is 1.10 bits per heavy atom. The first kappa shape index (κ1) is 22.5. The van der Waals surface area contributed by atoms with Crippen molar-refractivity contribution in [3.8, 4) is 17.2 Å². The van der Waals surface area contributed by atoms with Gasteiger partial charge in [-0.1, -0.05) is 23.7 Å². The van der Waals surface area contributed by atoms with Gasteiger partial charge in [0.1, 0.15) is 6.54 Å². The Morgan fingerprint density at radius 3 is 2.32 bits per heavy atom. The first-order valence-corrected chi connectivity index (χ1v) is 10.2. The molecule has 0 aliphatic carbocycles. The van der Waals surface area contributed by atoms with Gasteiger partial charge in [-0.25, -0.2) is 0 Å². The average molecular weight is 463 g/mol. The van der Waals surface area contributed by atoms with E-state index >= 15 is 0 Å². The van der Waals surface area contributed by atoms with Gasteiger partial charge in [-0.05, 0) is 47.7 Å². The van der Waals surface area contributed by atoms with Gasteiger partial charge in [0, 0.05) is 0 Å². The maximum atomic E-state index is 12.7. The zero-order valence-corrected chi connectivity index (χ0v) is 18.5. The summed E-state index contributed by atoms with van der Waals surface area (Å²) in [7, 11) is 4.44. The Morgan fingerprint density at radius 2 is 1.74 bits per heavy atom. The highest BCUT2D eigenvalue weighted by molar-refractivity contribution is 8.18. The monoisotopic (exact) mass is 462 g/mol. The largest absolute Gasteiger partial charge is 0.493 e. The van der Waals surface area contributed by atoms with E-state index in [9.17, 15) is 14.4 Å². The number of methoxy groups -OCH3 is 3. The fraction of sp³-hybridized carbons (Fsp3) is 0.190. The third-order valence-corrected chi connectivity index (χ3v) is 5.55. The minimum absolute atomic E-state index is 0.171. The number of benzene rings is 2. The van der Waals surface area contributed by atoms with Gasteiger partial charge in [0.2, 0.25) is 11.7 Å². The van der Waals surface area contributed by atoms with Crippen molar-refractivity contribution in [1.29, 1.82) is 0 Å². The van der Waals surface area contributed by atoms with E-state index in [4.69, 9.17) is 25.8 Å². The molecule has 0 atom stereocenters. The SMILES string of the molecule is COc1cc(C=C2SC(=O)N(CC(=O)Nc3ccccc3Cl)C2=O)cc(OC)c1OC. The molecule has 0 spiro atoms. The summed E-state index contributed by atoms with van der Waals surface area (Å²) in [5.74, 6) is 0.117. The summed E-state index contributed by atoms with van der Waals surface area (Å²) in [5, 5.41) is 2.40. The van der Waals surface area contributed by atoms with Gasteiger partial charge in [-0.15, -0.1) is 0 Å². The second-order valence-corrected chi connectivity index (χ2v) is 7.65. The van der Waals surface area contributed by atoms with Gasteiger partial charge in [0.05, 0.1) is 36.9 Å². The van der Waals surface area contributed by atoms with Crippen molar-refractivity contribution in [2.75, 3.05) is 33.2 Å². The fourth-order valence-corrected chi connectivity index (χ4v) is 3.89. The number of amides is 3. The first-order chi connectivity index (χ1) is 14.9. The minimum atomic E-state index is -0.571. The number of halogens is 1. The van der Waals surface area contributed by atoms with Crippen molar-refractivity contribution in [1.82, 2.24) is 4.90 Å². The van der Waals surface area contributed by atoms with Crippen molar-refractivity contribution < 1.29 is 28.6 Å². The molecule has 0 aromatic heterocycles. The molecule has 31 heavy (non-hydrogen) atoms. The van der Waals surface area contributed by atoms with E-state index in [2.05, 4.69) is 5.32 Å². The van der Waals surface area contributed by atoms with Crippen LogP contribution in [0.25, 0.3) is 6.08 Å². The lowest BCUT2D eigenvalue weighted by Gasteiger charge is -2.13. The predicted molar refractivity (Wildman–Crippen MR) is 119 cm³/mol. The molecule has 0 bridgehead atoms. The number of carbonyl (C=O) groups is 3. The number of imide groups is 1. The summed E-state index contributed by atoms with van der Waals surface area (Å²) in [6, 6.07) is 9.98. The normalized spacial score (nSPS) is 14.7. The maximum absolute atomic E-state index is 12.7. The van der Waals surface area contributed by atoms with E-state index in [1.807, 2.05) is 0 Å². The zero-order valence-electron chi connectivity index (χ0n) is 16.9. The molecule has 3 amide bonds. The molecule has 10 heteroatoms. The van der Waals surface area contributed by atoms with Crippen LogP contribution < -0.4 is 19.5 Å². The Bertz CT molecular complexity index is 1050. The molecule has 1 aliphatic heterocycles. The molecular weight excluding hydrogens is 444 g/mol. The topological polar surface area (TPSA) is 94.2 Å². The highest BCUT2D eigenvalue weighted by atomic mass is 35.5. The lowest BCUT2D eigenvalue weighted by atomic mass is 10.1. The van der Waals surface area contributed by atoms with Crippen LogP contribution >= 0.6 is 23.4 Å². The summed E-state index contributed by atoms with van der Waals surface area (Å²) in [6.07, 6.45) is 1.53. The van der Waals surface area contributed by atoms with Crippen molar-refractivity contribution in [3.05, 3.63) is 51.9 Å². The summed E-state index contributed by atoms with van der Waals surface area (Å²) in [6.45, 7) is -0.428. The van der Waals surface area contributed by atoms with E-state index in [0.717, 1.165) is 16.7 Å². The van der Waals surface area contributed by atoms with Crippen LogP contribution in [-0.4, -0.2) is 49.8 Å². The van der Waals surface area contributed by atoms with E-state index in [1.54, 1.807) is 36.4 Å². The van der Waals surface area contributed by atoms with Gasteiger partial charge in [-0.2, -0.15) is 0 Å². The molecule has 1 N–H and O–H groups in total. The average Bonchev–Trinajstić information content (AvgIpc) is 3.01. The number of ether oxygens (including phenoxy) is 3. The van der Waals surface area contributed by atoms with E-state index in [0.29, 0.717) is 33.5 Å². The molecule has 0 unspecified atom stereocenters. The lowest BCUT2D eigenvalue weighted by Crippen LogP contribution is -2.36. The van der Waals surface area contributed by atoms with Crippen LogP contribution in [0.4, 0.5) is 10.5 Å². The second kappa shape index (κ2) is 9.76. The third-order valence-electron chi connectivity index (χ3n) is 4.31. The maximum Gasteiger partial charge on any atom is 0.294 e. The number of anilines is 1. The number of carbonyl (C=O) groups excluding carboxylic acids is 3. The van der Waals surface area contributed by atoms with Gasteiger partial charge >= 0.3 is 0 Å². The Labute approximate surface area is 188 Å². The van der Waals surface area contributed by atoms with Crippen LogP contribution in [0.15, 0.2) is 41.3 Å². The quantitative estimate of drug-likeness (QED) is 0.620. The molecule has 0 saturated carbocycles. The van der Waals surface area contributed by atoms with Crippen LogP contribution in [-0.2, 0) is 9.59 Å². The highest BCUT2D eigenvalue weighted by Gasteiger charge is 2.36. The van der Waals surface area contributed by atoms with Crippen molar-refractivity contribution >= 4 is 52.2 Å². The van der Waals surface area contributed by atoms with Crippen LogP contribution in [0.5, 0.6) is 17.2 Å². The van der Waals surface area contributed by atoms with E-state index < -0.39 is 23.6 Å². The van der Waals surface area contributed by atoms with Crippen LogP contribution in [0, 0.1) is 0 Å². The summed E-state index contributed by atoms with van der Waals surface area (Å²) < 4.78 is 15.9. The molecular formula is C21H19ClN2O6S. The molecule has 1 fully saturated rings. The number of para-hydroxylation sites is 1. The molecule has 8 nitrogen and oxygen atoms in total. The number of rotatable bonds is 7. The molecule has 1 aliphatic rings. The Balaban J connectivity index is 1.79. The van der Waals surface area contributed by atoms with E-state index in [-0.39, 0.29) is 4.91 Å². The first-order valence-electron chi connectivity index (χ1n) is 8.97. The molecule has 2 aromatic carbocycles. The lowest BCUT2D eigenvalue weighted by molar-refractivity contribution is -0.127. The predicted octanol–water partition coefficient (Wildman–Crippen LogP) is 4.04. The van der Waals surface area contributed by atoms with Crippen LogP contribution in [0.1, 0.15) is 5.56 Å². The van der Waals surface area contributed by atoms with Gasteiger partial charge < -0.3 is 19.5 Å².